The summed E-state index contributed by atoms with van der Waals surface area (Å²) in [5.41, 5.74) is -0.0287. The van der Waals surface area contributed by atoms with Gasteiger partial charge in [-0.05, 0) is 12.1 Å². The van der Waals surface area contributed by atoms with Gasteiger partial charge in [0, 0.05) is 12.6 Å². The second-order valence-electron chi connectivity index (χ2n) is 6.58. The number of rotatable bonds is 5. The summed E-state index contributed by atoms with van der Waals surface area (Å²) < 4.78 is 67.1. The first-order valence-corrected chi connectivity index (χ1v) is 9.15. The molecule has 0 saturated carbocycles. The van der Waals surface area contributed by atoms with E-state index in [1.165, 1.54) is 6.07 Å². The minimum Gasteiger partial charge on any atom is -0.487 e. The van der Waals surface area contributed by atoms with Crippen LogP contribution in [0.15, 0.2) is 18.2 Å². The van der Waals surface area contributed by atoms with Crippen molar-refractivity contribution in [2.24, 2.45) is 0 Å². The van der Waals surface area contributed by atoms with Crippen LogP contribution in [0.25, 0.3) is 0 Å². The topological polar surface area (TPSA) is 79.4 Å². The van der Waals surface area contributed by atoms with Gasteiger partial charge in [-0.25, -0.2) is 17.6 Å². The van der Waals surface area contributed by atoms with Crippen molar-refractivity contribution in [3.8, 4) is 5.75 Å². The molecule has 150 valence electrons. The van der Waals surface area contributed by atoms with Crippen molar-refractivity contribution in [1.29, 1.82) is 0 Å². The summed E-state index contributed by atoms with van der Waals surface area (Å²) >= 11 is 0.801. The number of aromatic nitrogens is 2. The number of anilines is 1. The first-order chi connectivity index (χ1) is 13.3. The number of hydrogen-bond acceptors (Lipinski definition) is 7. The molecule has 1 aromatic heterocycles. The van der Waals surface area contributed by atoms with E-state index < -0.39 is 36.1 Å². The van der Waals surface area contributed by atoms with E-state index in [0.717, 1.165) is 23.9 Å². The van der Waals surface area contributed by atoms with E-state index in [2.05, 4.69) is 19.4 Å². The number of amides is 1. The predicted octanol–water partition coefficient (Wildman–Crippen LogP) is 1.42. The molecule has 2 aliphatic heterocycles. The third kappa shape index (κ3) is 3.61. The average molecular weight is 417 g/mol. The molecule has 7 nitrogen and oxygen atoms in total. The zero-order valence-corrected chi connectivity index (χ0v) is 15.1. The van der Waals surface area contributed by atoms with Gasteiger partial charge in [0.1, 0.15) is 17.9 Å². The Hall–Kier alpha value is -2.47. The van der Waals surface area contributed by atoms with Crippen LogP contribution in [0.5, 0.6) is 5.75 Å². The van der Waals surface area contributed by atoms with E-state index in [9.17, 15) is 22.4 Å². The largest absolute Gasteiger partial charge is 0.487 e. The van der Waals surface area contributed by atoms with Gasteiger partial charge in [0.25, 0.3) is 11.8 Å². The number of halogens is 4. The Morgan fingerprint density at radius 3 is 2.75 bits per heavy atom. The summed E-state index contributed by atoms with van der Waals surface area (Å²) in [6.45, 7) is 0.159. The molecule has 12 heteroatoms. The van der Waals surface area contributed by atoms with Crippen molar-refractivity contribution >= 4 is 23.5 Å². The lowest BCUT2D eigenvalue weighted by molar-refractivity contribution is -0.00251. The highest BCUT2D eigenvalue weighted by atomic mass is 32.1. The lowest BCUT2D eigenvalue weighted by Crippen LogP contribution is -2.55. The molecule has 2 N–H and O–H groups in total. The Morgan fingerprint density at radius 1 is 1.29 bits per heavy atom. The van der Waals surface area contributed by atoms with Crippen LogP contribution in [-0.4, -0.2) is 58.9 Å². The maximum Gasteiger partial charge on any atom is 0.281 e. The van der Waals surface area contributed by atoms with Gasteiger partial charge in [-0.1, -0.05) is 0 Å². The fourth-order valence-corrected chi connectivity index (χ4v) is 3.57. The molecule has 1 unspecified atom stereocenters. The van der Waals surface area contributed by atoms with Crippen molar-refractivity contribution in [3.05, 3.63) is 35.5 Å². The highest BCUT2D eigenvalue weighted by Gasteiger charge is 2.45. The van der Waals surface area contributed by atoms with Crippen LogP contribution in [0.1, 0.15) is 10.5 Å². The van der Waals surface area contributed by atoms with Gasteiger partial charge in [0.2, 0.25) is 0 Å². The second kappa shape index (κ2) is 7.17. The van der Waals surface area contributed by atoms with E-state index in [4.69, 9.17) is 4.74 Å². The quantitative estimate of drug-likeness (QED) is 0.717. The molecule has 1 aromatic carbocycles. The van der Waals surface area contributed by atoms with Crippen LogP contribution < -0.4 is 20.3 Å². The van der Waals surface area contributed by atoms with Gasteiger partial charge in [0.15, 0.2) is 23.1 Å². The van der Waals surface area contributed by atoms with Crippen molar-refractivity contribution in [2.45, 2.75) is 18.1 Å². The normalized spacial score (nSPS) is 21.4. The first-order valence-electron chi connectivity index (χ1n) is 8.42. The Kier molecular flexibility index (Phi) is 4.83. The molecule has 2 fully saturated rings. The molecule has 4 rings (SSSR count). The minimum absolute atomic E-state index is 0.0283. The minimum atomic E-state index is -3.03. The Morgan fingerprint density at radius 2 is 2.07 bits per heavy atom. The molecular weight excluding hydrogens is 402 g/mol. The number of benzene rings is 1. The SMILES string of the molecule is O=C(NC1CNCC1(F)F)c1nsnc1N1CC(Oc2ccc(F)c(F)c2)C1. The lowest BCUT2D eigenvalue weighted by Gasteiger charge is -2.39. The molecule has 2 aromatic rings. The molecule has 0 radical (unpaired) electrons. The third-order valence-electron chi connectivity index (χ3n) is 4.55. The van der Waals surface area contributed by atoms with E-state index in [1.807, 2.05) is 0 Å². The standard InChI is InChI=1S/C16H15F4N5O2S/c17-10-2-1-8(3-11(10)18)27-9-5-25(6-9)14-13(23-28-24-14)15(26)22-12-4-21-7-16(12,19)20/h1-3,9,12,21H,4-7H2,(H,22,26). The third-order valence-corrected chi connectivity index (χ3v) is 5.07. The summed E-state index contributed by atoms with van der Waals surface area (Å²) in [5, 5.41) is 4.83. The Balaban J connectivity index is 1.36. The number of carbonyl (C=O) groups excluding carboxylic acids is 1. The fourth-order valence-electron chi connectivity index (χ4n) is 3.00. The monoisotopic (exact) mass is 417 g/mol. The first kappa shape index (κ1) is 18.9. The van der Waals surface area contributed by atoms with Gasteiger partial charge >= 0.3 is 0 Å². The van der Waals surface area contributed by atoms with E-state index in [1.54, 1.807) is 4.90 Å². The smallest absolute Gasteiger partial charge is 0.281 e. The zero-order chi connectivity index (χ0) is 19.9. The highest BCUT2D eigenvalue weighted by molar-refractivity contribution is 6.99. The molecule has 1 amide bonds. The summed E-state index contributed by atoms with van der Waals surface area (Å²) in [6.07, 6.45) is -0.314. The zero-order valence-electron chi connectivity index (χ0n) is 14.3. The van der Waals surface area contributed by atoms with Gasteiger partial charge in [0.05, 0.1) is 31.4 Å². The number of nitrogens with zero attached hydrogens (tertiary/aromatic N) is 3. The van der Waals surface area contributed by atoms with Crippen LogP contribution in [0.4, 0.5) is 23.4 Å². The van der Waals surface area contributed by atoms with Gasteiger partial charge < -0.3 is 20.3 Å². The van der Waals surface area contributed by atoms with Crippen molar-refractivity contribution in [1.82, 2.24) is 19.4 Å². The molecule has 0 spiro atoms. The maximum absolute atomic E-state index is 13.7. The van der Waals surface area contributed by atoms with Crippen molar-refractivity contribution in [2.75, 3.05) is 31.1 Å². The number of hydrogen-bond donors (Lipinski definition) is 2. The number of ether oxygens (including phenoxy) is 1. The lowest BCUT2D eigenvalue weighted by atomic mass is 10.1. The van der Waals surface area contributed by atoms with Crippen LogP contribution in [0.3, 0.4) is 0 Å². The number of alkyl halides is 2. The van der Waals surface area contributed by atoms with E-state index in [0.29, 0.717) is 13.1 Å². The van der Waals surface area contributed by atoms with Crippen LogP contribution in [-0.2, 0) is 0 Å². The molecule has 2 saturated heterocycles. The summed E-state index contributed by atoms with van der Waals surface area (Å²) in [6, 6.07) is 1.94. The van der Waals surface area contributed by atoms with Gasteiger partial charge in [-0.15, -0.1) is 0 Å². The van der Waals surface area contributed by atoms with Crippen LogP contribution >= 0.6 is 11.7 Å². The molecular formula is C16H15F4N5O2S. The summed E-state index contributed by atoms with van der Waals surface area (Å²) in [7, 11) is 0. The van der Waals surface area contributed by atoms with Gasteiger partial charge in [-0.2, -0.15) is 8.75 Å². The summed E-state index contributed by atoms with van der Waals surface area (Å²) in [4.78, 5) is 14.1. The molecule has 0 aliphatic carbocycles. The highest BCUT2D eigenvalue weighted by Crippen LogP contribution is 2.28. The van der Waals surface area contributed by atoms with Gasteiger partial charge in [-0.3, -0.25) is 4.79 Å². The Labute approximate surface area is 161 Å². The number of nitrogens with one attached hydrogen (secondary N) is 2. The second-order valence-corrected chi connectivity index (χ2v) is 7.10. The van der Waals surface area contributed by atoms with E-state index >= 15 is 0 Å². The summed E-state index contributed by atoms with van der Waals surface area (Å²) in [5.74, 6) is -5.25. The molecule has 1 atom stereocenters. The molecule has 28 heavy (non-hydrogen) atoms. The number of carbonyl (C=O) groups is 1. The fraction of sp³-hybridized carbons (Fsp3) is 0.438. The average Bonchev–Trinajstić information content (AvgIpc) is 3.20. The Bertz CT molecular complexity index is 890. The van der Waals surface area contributed by atoms with Crippen molar-refractivity contribution < 1.29 is 27.1 Å². The molecule has 3 heterocycles. The predicted molar refractivity (Wildman–Crippen MR) is 92.0 cm³/mol. The van der Waals surface area contributed by atoms with E-state index in [-0.39, 0.29) is 29.9 Å². The van der Waals surface area contributed by atoms with Crippen molar-refractivity contribution in [3.63, 3.8) is 0 Å². The van der Waals surface area contributed by atoms with Crippen LogP contribution in [0.2, 0.25) is 0 Å². The van der Waals surface area contributed by atoms with Crippen LogP contribution in [0, 0.1) is 11.6 Å². The molecule has 2 aliphatic rings. The maximum atomic E-state index is 13.7. The molecule has 0 bridgehead atoms.